The van der Waals surface area contributed by atoms with E-state index in [4.69, 9.17) is 5.73 Å². The Kier molecular flexibility index (Phi) is 4.25. The minimum absolute atomic E-state index is 0.0675. The van der Waals surface area contributed by atoms with Crippen molar-refractivity contribution in [2.45, 2.75) is 50.7 Å². The maximum absolute atomic E-state index is 12.9. The minimum Gasteiger partial charge on any atom is -0.328 e. The number of nitrogens with one attached hydrogen (secondary N) is 1. The largest absolute Gasteiger partial charge is 0.328 e. The van der Waals surface area contributed by atoms with Crippen LogP contribution in [0.15, 0.2) is 30.5 Å². The molecule has 0 aliphatic carbocycles. The summed E-state index contributed by atoms with van der Waals surface area (Å²) in [6.45, 7) is 1.94. The van der Waals surface area contributed by atoms with E-state index >= 15 is 0 Å². The zero-order valence-electron chi connectivity index (χ0n) is 15.6. The van der Waals surface area contributed by atoms with Crippen molar-refractivity contribution in [3.8, 4) is 10.6 Å². The molecule has 3 N–H and O–H groups in total. The summed E-state index contributed by atoms with van der Waals surface area (Å²) in [5.74, 6) is 0.567. The van der Waals surface area contributed by atoms with Crippen molar-refractivity contribution in [3.05, 3.63) is 35.5 Å². The average Bonchev–Trinajstić information content (AvgIpc) is 3.22. The lowest BCUT2D eigenvalue weighted by atomic mass is 9.99. The Hall–Kier alpha value is -2.58. The van der Waals surface area contributed by atoms with Crippen LogP contribution < -0.4 is 11.1 Å². The van der Waals surface area contributed by atoms with Crippen molar-refractivity contribution in [1.29, 1.82) is 0 Å². The lowest BCUT2D eigenvalue weighted by Crippen LogP contribution is -2.51. The van der Waals surface area contributed by atoms with E-state index in [1.54, 1.807) is 17.5 Å². The molecule has 2 saturated heterocycles. The Morgan fingerprint density at radius 3 is 2.68 bits per heavy atom. The second-order valence-corrected chi connectivity index (χ2v) is 8.89. The smallest absolute Gasteiger partial charge is 0.323 e. The molecule has 28 heavy (non-hydrogen) atoms. The lowest BCUT2D eigenvalue weighted by molar-refractivity contribution is 0.150. The second-order valence-electron chi connectivity index (χ2n) is 7.71. The molecule has 0 saturated carbocycles. The molecule has 3 aromatic rings. The van der Waals surface area contributed by atoms with Gasteiger partial charge in [0.2, 0.25) is 0 Å². The van der Waals surface area contributed by atoms with Gasteiger partial charge in [0.15, 0.2) is 0 Å². The van der Waals surface area contributed by atoms with Gasteiger partial charge >= 0.3 is 6.03 Å². The molecule has 8 heteroatoms. The number of nitrogens with zero attached hydrogens (tertiary/aromatic N) is 4. The van der Waals surface area contributed by atoms with Crippen LogP contribution in [0, 0.1) is 6.92 Å². The molecule has 2 aliphatic heterocycles. The zero-order chi connectivity index (χ0) is 19.3. The maximum atomic E-state index is 12.9. The number of aryl methyl sites for hydroxylation is 1. The number of urea groups is 1. The van der Waals surface area contributed by atoms with Crippen molar-refractivity contribution in [1.82, 2.24) is 20.1 Å². The van der Waals surface area contributed by atoms with Gasteiger partial charge in [-0.3, -0.25) is 5.32 Å². The number of hydrogen-bond acceptors (Lipinski definition) is 6. The third-order valence-electron chi connectivity index (χ3n) is 5.73. The van der Waals surface area contributed by atoms with Gasteiger partial charge < -0.3 is 10.6 Å². The van der Waals surface area contributed by atoms with E-state index in [-0.39, 0.29) is 24.2 Å². The third-order valence-corrected chi connectivity index (χ3v) is 6.62. The average molecular weight is 395 g/mol. The number of carbonyl (C=O) groups excluding carboxylic acids is 1. The van der Waals surface area contributed by atoms with Crippen molar-refractivity contribution >= 4 is 34.0 Å². The highest BCUT2D eigenvalue weighted by atomic mass is 32.1. The van der Waals surface area contributed by atoms with Crippen LogP contribution in [-0.4, -0.2) is 44.2 Å². The second kappa shape index (κ2) is 6.79. The first-order valence-corrected chi connectivity index (χ1v) is 10.4. The lowest BCUT2D eigenvalue weighted by Gasteiger charge is -2.37. The van der Waals surface area contributed by atoms with Gasteiger partial charge in [-0.2, -0.15) is 0 Å². The normalized spacial score (nSPS) is 23.9. The molecule has 2 fully saturated rings. The number of hydrogen-bond donors (Lipinski definition) is 2. The van der Waals surface area contributed by atoms with Crippen molar-refractivity contribution in [3.63, 3.8) is 0 Å². The third kappa shape index (κ3) is 3.12. The zero-order valence-corrected chi connectivity index (χ0v) is 16.4. The van der Waals surface area contributed by atoms with Gasteiger partial charge in [-0.15, -0.1) is 10.2 Å². The van der Waals surface area contributed by atoms with Crippen LogP contribution in [0.3, 0.4) is 0 Å². The molecule has 1 aromatic carbocycles. The molecule has 1 unspecified atom stereocenters. The van der Waals surface area contributed by atoms with Crippen LogP contribution in [0.1, 0.15) is 30.7 Å². The van der Waals surface area contributed by atoms with Crippen molar-refractivity contribution in [2.75, 3.05) is 5.32 Å². The predicted molar refractivity (Wildman–Crippen MR) is 110 cm³/mol. The van der Waals surface area contributed by atoms with E-state index in [9.17, 15) is 4.79 Å². The van der Waals surface area contributed by atoms with Crippen LogP contribution >= 0.6 is 11.3 Å². The highest BCUT2D eigenvalue weighted by molar-refractivity contribution is 7.14. The van der Waals surface area contributed by atoms with Crippen molar-refractivity contribution < 1.29 is 4.79 Å². The number of pyridine rings is 1. The van der Waals surface area contributed by atoms with E-state index in [0.717, 1.165) is 52.0 Å². The summed E-state index contributed by atoms with van der Waals surface area (Å²) >= 11 is 1.57. The number of nitrogens with two attached hydrogens (primary N) is 1. The topological polar surface area (TPSA) is 97.0 Å². The Morgan fingerprint density at radius 1 is 1.18 bits per heavy atom. The molecule has 0 radical (unpaired) electrons. The van der Waals surface area contributed by atoms with E-state index in [1.165, 1.54) is 0 Å². The van der Waals surface area contributed by atoms with Crippen molar-refractivity contribution in [2.24, 2.45) is 5.73 Å². The molecule has 0 spiro atoms. The first-order valence-electron chi connectivity index (χ1n) is 9.62. The molecule has 2 bridgehead atoms. The number of anilines is 1. The fourth-order valence-corrected chi connectivity index (χ4v) is 5.17. The Morgan fingerprint density at radius 2 is 1.96 bits per heavy atom. The predicted octanol–water partition coefficient (Wildman–Crippen LogP) is 3.55. The number of carbonyl (C=O) groups is 1. The van der Waals surface area contributed by atoms with Gasteiger partial charge in [0.1, 0.15) is 15.8 Å². The molecule has 3 atom stereocenters. The molecule has 2 amide bonds. The maximum Gasteiger partial charge on any atom is 0.323 e. The minimum atomic E-state index is -0.0675. The number of aromatic nitrogens is 3. The van der Waals surface area contributed by atoms with Gasteiger partial charge in [0, 0.05) is 35.3 Å². The van der Waals surface area contributed by atoms with E-state index in [0.29, 0.717) is 5.82 Å². The Labute approximate surface area is 167 Å². The molecule has 5 rings (SSSR count). The van der Waals surface area contributed by atoms with Gasteiger partial charge in [-0.05, 0) is 50.1 Å². The number of fused-ring (bicyclic) bond motifs is 3. The summed E-state index contributed by atoms with van der Waals surface area (Å²) in [6, 6.07) is 8.68. The molecule has 4 heterocycles. The monoisotopic (exact) mass is 394 g/mol. The molecular formula is C20H22N6OS. The highest BCUT2D eigenvalue weighted by Crippen LogP contribution is 2.35. The Bertz CT molecular complexity index is 1040. The molecule has 2 aliphatic rings. The fourth-order valence-electron chi connectivity index (χ4n) is 4.48. The molecule has 2 aromatic heterocycles. The van der Waals surface area contributed by atoms with Gasteiger partial charge in [-0.1, -0.05) is 23.5 Å². The van der Waals surface area contributed by atoms with Crippen LogP contribution in [0.25, 0.3) is 21.3 Å². The summed E-state index contributed by atoms with van der Waals surface area (Å²) in [5, 5.41) is 15.2. The Balaban J connectivity index is 1.39. The quantitative estimate of drug-likeness (QED) is 0.693. The molecule has 7 nitrogen and oxygen atoms in total. The summed E-state index contributed by atoms with van der Waals surface area (Å²) in [7, 11) is 0. The number of amides is 2. The molecular weight excluding hydrogens is 372 g/mol. The van der Waals surface area contributed by atoms with E-state index in [1.807, 2.05) is 30.0 Å². The summed E-state index contributed by atoms with van der Waals surface area (Å²) in [4.78, 5) is 19.3. The molecule has 144 valence electrons. The highest BCUT2D eigenvalue weighted by Gasteiger charge is 2.42. The number of benzene rings is 1. The van der Waals surface area contributed by atoms with Crippen LogP contribution in [0.4, 0.5) is 10.6 Å². The first-order chi connectivity index (χ1) is 13.6. The van der Waals surface area contributed by atoms with E-state index < -0.39 is 0 Å². The standard InChI is InChI=1S/C20H22N6OS/c1-11-24-25-19(28-11)12-2-3-13-10-22-18(7-14(13)6-12)23-20(27)26-16-4-5-17(26)9-15(21)8-16/h2-3,6-7,10,15-17H,4-5,8-9,21H2,1H3,(H,22,23,27)/t15-,16+,17?/m1/s1. The van der Waals surface area contributed by atoms with Gasteiger partial charge in [0.25, 0.3) is 0 Å². The summed E-state index contributed by atoms with van der Waals surface area (Å²) in [5.41, 5.74) is 7.14. The summed E-state index contributed by atoms with van der Waals surface area (Å²) in [6.07, 6.45) is 5.66. The van der Waals surface area contributed by atoms with Crippen LogP contribution in [0.5, 0.6) is 0 Å². The van der Waals surface area contributed by atoms with Gasteiger partial charge in [-0.25, -0.2) is 9.78 Å². The summed E-state index contributed by atoms with van der Waals surface area (Å²) < 4.78 is 0. The van der Waals surface area contributed by atoms with E-state index in [2.05, 4.69) is 26.6 Å². The fraction of sp³-hybridized carbons (Fsp3) is 0.400. The van der Waals surface area contributed by atoms with Crippen LogP contribution in [0.2, 0.25) is 0 Å². The first kappa shape index (κ1) is 17.5. The SMILES string of the molecule is Cc1nnc(-c2ccc3cnc(NC(=O)N4C5CC[C@H]4C[C@@H](N)C5)cc3c2)s1. The number of rotatable bonds is 2. The number of piperidine rings is 1. The van der Waals surface area contributed by atoms with Crippen LogP contribution in [-0.2, 0) is 0 Å². The van der Waals surface area contributed by atoms with Gasteiger partial charge in [0.05, 0.1) is 0 Å².